The molecule has 21 heavy (non-hydrogen) atoms. The van der Waals surface area contributed by atoms with E-state index in [-0.39, 0.29) is 11.9 Å². The van der Waals surface area contributed by atoms with Crippen LogP contribution in [0.15, 0.2) is 44.6 Å². The van der Waals surface area contributed by atoms with Crippen molar-refractivity contribution in [1.82, 2.24) is 10.3 Å². The summed E-state index contributed by atoms with van der Waals surface area (Å²) < 4.78 is 6.64. The van der Waals surface area contributed by atoms with E-state index in [1.807, 2.05) is 38.1 Å². The Kier molecular flexibility index (Phi) is 5.87. The maximum atomic E-state index is 11.7. The maximum Gasteiger partial charge on any atom is 0.256 e. The molecule has 0 radical (unpaired) electrons. The Balaban J connectivity index is 1.93. The molecule has 0 bridgehead atoms. The quantitative estimate of drug-likeness (QED) is 0.779. The van der Waals surface area contributed by atoms with Gasteiger partial charge >= 0.3 is 0 Å². The number of carbonyl (C=O) groups is 1. The first kappa shape index (κ1) is 16.1. The Bertz CT molecular complexity index is 615. The van der Waals surface area contributed by atoms with Gasteiger partial charge in [0, 0.05) is 16.1 Å². The van der Waals surface area contributed by atoms with Crippen molar-refractivity contribution >= 4 is 33.6 Å². The minimum Gasteiger partial charge on any atom is -0.431 e. The topological polar surface area (TPSA) is 55.1 Å². The van der Waals surface area contributed by atoms with Crippen LogP contribution in [0.4, 0.5) is 0 Å². The molecule has 0 aliphatic carbocycles. The van der Waals surface area contributed by atoms with Crippen molar-refractivity contribution in [3.05, 3.63) is 34.9 Å². The van der Waals surface area contributed by atoms with Crippen LogP contribution in [0.3, 0.4) is 0 Å². The molecule has 2 aromatic rings. The highest BCUT2D eigenvalue weighted by Crippen LogP contribution is 2.27. The number of hydrogen-bond donors (Lipinski definition) is 1. The molecule has 0 saturated carbocycles. The summed E-state index contributed by atoms with van der Waals surface area (Å²) in [6, 6.07) is 8.00. The third-order valence-corrected chi connectivity index (χ3v) is 4.28. The van der Waals surface area contributed by atoms with Gasteiger partial charge in [-0.25, -0.2) is 4.98 Å². The van der Waals surface area contributed by atoms with Crippen LogP contribution in [0.2, 0.25) is 0 Å². The number of amides is 1. The highest BCUT2D eigenvalue weighted by molar-refractivity contribution is 9.10. The van der Waals surface area contributed by atoms with Crippen molar-refractivity contribution in [2.75, 3.05) is 5.75 Å². The minimum atomic E-state index is -0.00319. The van der Waals surface area contributed by atoms with Crippen LogP contribution in [0.25, 0.3) is 11.3 Å². The molecule has 1 aromatic carbocycles. The molecule has 1 aromatic heterocycles. The maximum absolute atomic E-state index is 11.7. The Labute approximate surface area is 136 Å². The van der Waals surface area contributed by atoms with Crippen LogP contribution in [0.5, 0.6) is 0 Å². The Morgan fingerprint density at radius 2 is 2.33 bits per heavy atom. The average Bonchev–Trinajstić information content (AvgIpc) is 2.94. The lowest BCUT2D eigenvalue weighted by Crippen LogP contribution is -2.33. The molecule has 1 atom stereocenters. The van der Waals surface area contributed by atoms with E-state index in [4.69, 9.17) is 4.42 Å². The predicted molar refractivity (Wildman–Crippen MR) is 88.3 cm³/mol. The minimum absolute atomic E-state index is 0.00319. The fourth-order valence-corrected chi connectivity index (χ4v) is 2.66. The van der Waals surface area contributed by atoms with Crippen molar-refractivity contribution in [3.63, 3.8) is 0 Å². The first-order valence-corrected chi connectivity index (χ1v) is 8.50. The Hall–Kier alpha value is -1.27. The van der Waals surface area contributed by atoms with Gasteiger partial charge in [0.2, 0.25) is 5.91 Å². The van der Waals surface area contributed by atoms with Gasteiger partial charge in [-0.15, -0.1) is 0 Å². The normalized spacial score (nSPS) is 12.1. The molecular weight excluding hydrogens is 352 g/mol. The largest absolute Gasteiger partial charge is 0.431 e. The molecule has 0 spiro atoms. The molecular formula is C15H17BrN2O2S. The van der Waals surface area contributed by atoms with Crippen LogP contribution >= 0.6 is 27.7 Å². The lowest BCUT2D eigenvalue weighted by molar-refractivity contribution is -0.119. The number of nitrogens with one attached hydrogen (secondary N) is 1. The highest BCUT2D eigenvalue weighted by atomic mass is 79.9. The van der Waals surface area contributed by atoms with Gasteiger partial charge < -0.3 is 9.73 Å². The van der Waals surface area contributed by atoms with Gasteiger partial charge in [-0.05, 0) is 25.5 Å². The number of thioether (sulfide) groups is 1. The zero-order chi connectivity index (χ0) is 15.2. The third-order valence-electron chi connectivity index (χ3n) is 2.94. The van der Waals surface area contributed by atoms with E-state index in [9.17, 15) is 4.79 Å². The van der Waals surface area contributed by atoms with E-state index < -0.39 is 0 Å². The standard InChI is InChI=1S/C15H17BrN2O2S/c1-3-10(2)18-14(19)9-21-15-17-8-13(20-15)11-5-4-6-12(16)7-11/h4-8,10H,3,9H2,1-2H3,(H,18,19). The van der Waals surface area contributed by atoms with Gasteiger partial charge in [0.1, 0.15) is 0 Å². The fraction of sp³-hybridized carbons (Fsp3) is 0.333. The second-order valence-electron chi connectivity index (χ2n) is 4.67. The molecule has 1 unspecified atom stereocenters. The SMILES string of the molecule is CCC(C)NC(=O)CSc1ncc(-c2cccc(Br)c2)o1. The van der Waals surface area contributed by atoms with Crippen molar-refractivity contribution in [1.29, 1.82) is 0 Å². The summed E-state index contributed by atoms with van der Waals surface area (Å²) in [5.41, 5.74) is 0.952. The zero-order valence-electron chi connectivity index (χ0n) is 11.9. The molecule has 2 rings (SSSR count). The molecule has 1 heterocycles. The number of rotatable bonds is 6. The number of aromatic nitrogens is 1. The lowest BCUT2D eigenvalue weighted by Gasteiger charge is -2.09. The Morgan fingerprint density at radius 1 is 1.52 bits per heavy atom. The number of nitrogens with zero attached hydrogens (tertiary/aromatic N) is 1. The van der Waals surface area contributed by atoms with E-state index in [1.54, 1.807) is 6.20 Å². The van der Waals surface area contributed by atoms with Gasteiger partial charge in [-0.2, -0.15) is 0 Å². The number of carbonyl (C=O) groups excluding carboxylic acids is 1. The molecule has 1 amide bonds. The molecule has 1 N–H and O–H groups in total. The van der Waals surface area contributed by atoms with E-state index in [1.165, 1.54) is 11.8 Å². The van der Waals surface area contributed by atoms with E-state index in [2.05, 4.69) is 26.2 Å². The summed E-state index contributed by atoms with van der Waals surface area (Å²) in [4.78, 5) is 15.9. The molecule has 4 nitrogen and oxygen atoms in total. The molecule has 0 aliphatic heterocycles. The first-order chi connectivity index (χ1) is 10.1. The fourth-order valence-electron chi connectivity index (χ4n) is 1.65. The monoisotopic (exact) mass is 368 g/mol. The summed E-state index contributed by atoms with van der Waals surface area (Å²) in [6.45, 7) is 4.02. The van der Waals surface area contributed by atoms with Crippen LogP contribution in [0.1, 0.15) is 20.3 Å². The summed E-state index contributed by atoms with van der Waals surface area (Å²) in [7, 11) is 0. The van der Waals surface area contributed by atoms with Crippen molar-refractivity contribution in [2.24, 2.45) is 0 Å². The van der Waals surface area contributed by atoms with Gasteiger partial charge in [0.05, 0.1) is 11.9 Å². The van der Waals surface area contributed by atoms with Gasteiger partial charge in [-0.3, -0.25) is 4.79 Å². The van der Waals surface area contributed by atoms with E-state index in [0.29, 0.717) is 16.7 Å². The second-order valence-corrected chi connectivity index (χ2v) is 6.51. The van der Waals surface area contributed by atoms with E-state index in [0.717, 1.165) is 16.5 Å². The summed E-state index contributed by atoms with van der Waals surface area (Å²) in [6.07, 6.45) is 2.60. The van der Waals surface area contributed by atoms with Crippen molar-refractivity contribution in [2.45, 2.75) is 31.5 Å². The number of halogens is 1. The average molecular weight is 369 g/mol. The van der Waals surface area contributed by atoms with Gasteiger partial charge in [-0.1, -0.05) is 46.7 Å². The number of hydrogen-bond acceptors (Lipinski definition) is 4. The summed E-state index contributed by atoms with van der Waals surface area (Å²) in [5, 5.41) is 3.41. The second kappa shape index (κ2) is 7.66. The summed E-state index contributed by atoms with van der Waals surface area (Å²) in [5.74, 6) is 1.00. The predicted octanol–water partition coefficient (Wildman–Crippen LogP) is 4.11. The highest BCUT2D eigenvalue weighted by Gasteiger charge is 2.11. The molecule has 0 aliphatic rings. The Morgan fingerprint density at radius 3 is 3.05 bits per heavy atom. The van der Waals surface area contributed by atoms with Crippen LogP contribution < -0.4 is 5.32 Å². The third kappa shape index (κ3) is 4.89. The van der Waals surface area contributed by atoms with Crippen LogP contribution in [-0.2, 0) is 4.79 Å². The lowest BCUT2D eigenvalue weighted by atomic mass is 10.2. The first-order valence-electron chi connectivity index (χ1n) is 6.72. The number of oxazole rings is 1. The van der Waals surface area contributed by atoms with Gasteiger partial charge in [0.15, 0.2) is 5.76 Å². The number of benzene rings is 1. The molecule has 112 valence electrons. The van der Waals surface area contributed by atoms with Gasteiger partial charge in [0.25, 0.3) is 5.22 Å². The van der Waals surface area contributed by atoms with Crippen molar-refractivity contribution < 1.29 is 9.21 Å². The van der Waals surface area contributed by atoms with Crippen LogP contribution in [-0.4, -0.2) is 22.7 Å². The molecule has 0 fully saturated rings. The zero-order valence-corrected chi connectivity index (χ0v) is 14.3. The van der Waals surface area contributed by atoms with Crippen LogP contribution in [0, 0.1) is 0 Å². The smallest absolute Gasteiger partial charge is 0.256 e. The molecule has 0 saturated heterocycles. The summed E-state index contributed by atoms with van der Waals surface area (Å²) >= 11 is 4.72. The van der Waals surface area contributed by atoms with Crippen molar-refractivity contribution in [3.8, 4) is 11.3 Å². The molecule has 6 heteroatoms. The van der Waals surface area contributed by atoms with E-state index >= 15 is 0 Å².